The van der Waals surface area contributed by atoms with Crippen molar-refractivity contribution >= 4 is 17.5 Å². The van der Waals surface area contributed by atoms with Crippen LogP contribution in [0.25, 0.3) is 0 Å². The first-order valence-electron chi connectivity index (χ1n) is 6.73. The lowest BCUT2D eigenvalue weighted by Gasteiger charge is -2.15. The summed E-state index contributed by atoms with van der Waals surface area (Å²) in [4.78, 5) is 18.0. The van der Waals surface area contributed by atoms with Gasteiger partial charge in [0.1, 0.15) is 5.82 Å². The number of hydrogen-bond acceptors (Lipinski definition) is 4. The van der Waals surface area contributed by atoms with Gasteiger partial charge in [-0.15, -0.1) is 5.10 Å². The van der Waals surface area contributed by atoms with Gasteiger partial charge in [0, 0.05) is 32.0 Å². The molecule has 0 spiro atoms. The van der Waals surface area contributed by atoms with E-state index >= 15 is 0 Å². The number of H-pyrrole nitrogens is 1. The molecule has 1 saturated heterocycles. The second-order valence-electron chi connectivity index (χ2n) is 5.51. The number of nitrogens with one attached hydrogen (secondary N) is 1. The van der Waals surface area contributed by atoms with Gasteiger partial charge in [0.15, 0.2) is 0 Å². The van der Waals surface area contributed by atoms with Crippen LogP contribution in [-0.4, -0.2) is 45.1 Å². The van der Waals surface area contributed by atoms with Crippen LogP contribution in [0.15, 0.2) is 0 Å². The van der Waals surface area contributed by atoms with Gasteiger partial charge in [-0.3, -0.25) is 9.89 Å². The number of nitrogens with two attached hydrogens (primary N) is 1. The molecule has 1 aliphatic heterocycles. The molecule has 2 fully saturated rings. The zero-order valence-electron chi connectivity index (χ0n) is 10.7. The number of likely N-dealkylation sites (tertiary alicyclic amines) is 1. The van der Waals surface area contributed by atoms with Crippen LogP contribution in [0.5, 0.6) is 0 Å². The van der Waals surface area contributed by atoms with Crippen LogP contribution in [-0.2, 0) is 11.2 Å². The Bertz CT molecular complexity index is 472. The highest BCUT2D eigenvalue weighted by molar-refractivity contribution is 6.28. The Balaban J connectivity index is 1.50. The van der Waals surface area contributed by atoms with E-state index < -0.39 is 0 Å². The third-order valence-electron chi connectivity index (χ3n) is 4.07. The Kier molecular flexibility index (Phi) is 3.45. The number of aromatic amines is 1. The number of aromatic nitrogens is 3. The second-order valence-corrected chi connectivity index (χ2v) is 5.85. The van der Waals surface area contributed by atoms with Crippen LogP contribution < -0.4 is 5.73 Å². The summed E-state index contributed by atoms with van der Waals surface area (Å²) in [5.41, 5.74) is 6.12. The van der Waals surface area contributed by atoms with Crippen LogP contribution >= 0.6 is 11.6 Å². The SMILES string of the molecule is NC1CN(C(=O)CCc2nc(Cl)n[nH]2)CC1C1CC1. The van der Waals surface area contributed by atoms with E-state index in [1.165, 1.54) is 12.8 Å². The van der Waals surface area contributed by atoms with Gasteiger partial charge in [0.05, 0.1) is 0 Å². The third kappa shape index (κ3) is 2.90. The highest BCUT2D eigenvalue weighted by Crippen LogP contribution is 2.40. The minimum atomic E-state index is 0.145. The fourth-order valence-electron chi connectivity index (χ4n) is 2.85. The second kappa shape index (κ2) is 5.09. The average Bonchev–Trinajstić information content (AvgIpc) is 3.03. The summed E-state index contributed by atoms with van der Waals surface area (Å²) in [6.45, 7) is 1.51. The molecule has 1 aliphatic carbocycles. The summed E-state index contributed by atoms with van der Waals surface area (Å²) in [5.74, 6) is 2.05. The van der Waals surface area contributed by atoms with Gasteiger partial charge in [0.2, 0.25) is 11.2 Å². The lowest BCUT2D eigenvalue weighted by molar-refractivity contribution is -0.130. The Morgan fingerprint density at radius 1 is 1.47 bits per heavy atom. The van der Waals surface area contributed by atoms with E-state index in [1.807, 2.05) is 4.90 Å². The van der Waals surface area contributed by atoms with E-state index in [0.29, 0.717) is 31.1 Å². The maximum atomic E-state index is 12.1. The number of nitrogens with zero attached hydrogens (tertiary/aromatic N) is 3. The van der Waals surface area contributed by atoms with Gasteiger partial charge < -0.3 is 10.6 Å². The summed E-state index contributed by atoms with van der Waals surface area (Å²) >= 11 is 5.62. The zero-order valence-corrected chi connectivity index (χ0v) is 11.4. The van der Waals surface area contributed by atoms with Gasteiger partial charge in [0.25, 0.3) is 0 Å². The lowest BCUT2D eigenvalue weighted by Crippen LogP contribution is -2.32. The number of halogens is 1. The van der Waals surface area contributed by atoms with Crippen molar-refractivity contribution in [3.05, 3.63) is 11.1 Å². The average molecular weight is 284 g/mol. The predicted octanol–water partition coefficient (Wildman–Crippen LogP) is 0.586. The first kappa shape index (κ1) is 12.9. The first-order chi connectivity index (χ1) is 9.13. The summed E-state index contributed by atoms with van der Waals surface area (Å²) in [6.07, 6.45) is 3.52. The number of carbonyl (C=O) groups is 1. The molecule has 1 amide bonds. The number of hydrogen-bond donors (Lipinski definition) is 2. The maximum Gasteiger partial charge on any atom is 0.242 e. The van der Waals surface area contributed by atoms with E-state index in [4.69, 9.17) is 17.3 Å². The lowest BCUT2D eigenvalue weighted by atomic mass is 9.99. The van der Waals surface area contributed by atoms with Crippen molar-refractivity contribution in [3.8, 4) is 0 Å². The normalized spacial score (nSPS) is 26.9. The minimum absolute atomic E-state index is 0.145. The number of amides is 1. The van der Waals surface area contributed by atoms with Crippen molar-refractivity contribution in [3.63, 3.8) is 0 Å². The van der Waals surface area contributed by atoms with Crippen LogP contribution in [0.4, 0.5) is 0 Å². The molecule has 0 bridgehead atoms. The Morgan fingerprint density at radius 2 is 2.26 bits per heavy atom. The van der Waals surface area contributed by atoms with E-state index in [-0.39, 0.29) is 17.2 Å². The van der Waals surface area contributed by atoms with Crippen LogP contribution in [0.3, 0.4) is 0 Å². The van der Waals surface area contributed by atoms with Gasteiger partial charge >= 0.3 is 0 Å². The topological polar surface area (TPSA) is 87.9 Å². The number of aryl methyl sites for hydroxylation is 1. The molecule has 1 aromatic rings. The third-order valence-corrected chi connectivity index (χ3v) is 4.24. The largest absolute Gasteiger partial charge is 0.341 e. The molecular weight excluding hydrogens is 266 g/mol. The summed E-state index contributed by atoms with van der Waals surface area (Å²) in [7, 11) is 0. The number of rotatable bonds is 4. The highest BCUT2D eigenvalue weighted by Gasteiger charge is 2.41. The molecule has 3 rings (SSSR count). The zero-order chi connectivity index (χ0) is 13.4. The van der Waals surface area contributed by atoms with E-state index in [1.54, 1.807) is 0 Å². The van der Waals surface area contributed by atoms with Crippen molar-refractivity contribution in [2.24, 2.45) is 17.6 Å². The standard InChI is InChI=1S/C12H18ClN5O/c13-12-15-10(16-17-12)3-4-11(19)18-5-8(7-1-2-7)9(14)6-18/h7-9H,1-6,14H2,(H,15,16,17). The van der Waals surface area contributed by atoms with Crippen LogP contribution in [0.2, 0.25) is 5.28 Å². The van der Waals surface area contributed by atoms with Gasteiger partial charge in [-0.25, -0.2) is 4.98 Å². The first-order valence-corrected chi connectivity index (χ1v) is 7.11. The molecule has 19 heavy (non-hydrogen) atoms. The molecule has 0 aromatic carbocycles. The molecule has 7 heteroatoms. The van der Waals surface area contributed by atoms with Crippen LogP contribution in [0, 0.1) is 11.8 Å². The van der Waals surface area contributed by atoms with Gasteiger partial charge in [-0.05, 0) is 36.3 Å². The Labute approximate surface area is 116 Å². The van der Waals surface area contributed by atoms with Crippen molar-refractivity contribution in [1.82, 2.24) is 20.1 Å². The summed E-state index contributed by atoms with van der Waals surface area (Å²) < 4.78 is 0. The van der Waals surface area contributed by atoms with Crippen molar-refractivity contribution in [1.29, 1.82) is 0 Å². The monoisotopic (exact) mass is 283 g/mol. The summed E-state index contributed by atoms with van der Waals surface area (Å²) in [6, 6.07) is 0.149. The molecule has 0 radical (unpaired) electrons. The molecule has 6 nitrogen and oxygen atoms in total. The Hall–Kier alpha value is -1.14. The summed E-state index contributed by atoms with van der Waals surface area (Å²) in [5, 5.41) is 6.63. The molecule has 2 aliphatic rings. The fraction of sp³-hybridized carbons (Fsp3) is 0.750. The molecule has 2 atom stereocenters. The van der Waals surface area contributed by atoms with Gasteiger partial charge in [-0.2, -0.15) is 0 Å². The van der Waals surface area contributed by atoms with Gasteiger partial charge in [-0.1, -0.05) is 0 Å². The molecule has 2 unspecified atom stereocenters. The molecule has 2 heterocycles. The molecule has 1 aromatic heterocycles. The van der Waals surface area contributed by atoms with Crippen molar-refractivity contribution in [2.45, 2.75) is 31.7 Å². The van der Waals surface area contributed by atoms with Crippen LogP contribution in [0.1, 0.15) is 25.1 Å². The van der Waals surface area contributed by atoms with E-state index in [0.717, 1.165) is 12.5 Å². The molecule has 1 saturated carbocycles. The van der Waals surface area contributed by atoms with E-state index in [2.05, 4.69) is 15.2 Å². The molecular formula is C12H18ClN5O. The predicted molar refractivity (Wildman–Crippen MR) is 70.5 cm³/mol. The maximum absolute atomic E-state index is 12.1. The fourth-order valence-corrected chi connectivity index (χ4v) is 2.99. The van der Waals surface area contributed by atoms with E-state index in [9.17, 15) is 4.79 Å². The smallest absolute Gasteiger partial charge is 0.242 e. The number of carbonyl (C=O) groups excluding carboxylic acids is 1. The minimum Gasteiger partial charge on any atom is -0.341 e. The quantitative estimate of drug-likeness (QED) is 0.846. The highest BCUT2D eigenvalue weighted by atomic mass is 35.5. The molecule has 104 valence electrons. The van der Waals surface area contributed by atoms with Crippen molar-refractivity contribution in [2.75, 3.05) is 13.1 Å². The van der Waals surface area contributed by atoms with Crippen molar-refractivity contribution < 1.29 is 4.79 Å². The Morgan fingerprint density at radius 3 is 2.89 bits per heavy atom. The molecule has 3 N–H and O–H groups in total.